The Bertz CT molecular complexity index is 453. The Hall–Kier alpha value is -1.63. The molecular weight excluding hydrogens is 271 g/mol. The van der Waals surface area contributed by atoms with Crippen LogP contribution in [0.5, 0.6) is 0 Å². The van der Waals surface area contributed by atoms with Crippen LogP contribution in [0.3, 0.4) is 0 Å². The number of nitrogens with one attached hydrogen (secondary N) is 2. The Morgan fingerprint density at radius 3 is 2.80 bits per heavy atom. The molecule has 7 heteroatoms. The zero-order chi connectivity index (χ0) is 14.6. The molecule has 0 bridgehead atoms. The third-order valence-corrected chi connectivity index (χ3v) is 3.32. The molecular formula is C13H16F3N3O. The van der Waals surface area contributed by atoms with Gasteiger partial charge in [0.15, 0.2) is 0 Å². The highest BCUT2D eigenvalue weighted by Crippen LogP contribution is 2.28. The molecule has 1 aromatic rings. The smallest absolute Gasteiger partial charge is 0.351 e. The summed E-state index contributed by atoms with van der Waals surface area (Å²) in [6, 6.07) is 1.96. The Morgan fingerprint density at radius 2 is 2.25 bits per heavy atom. The van der Waals surface area contributed by atoms with E-state index in [1.807, 2.05) is 0 Å². The van der Waals surface area contributed by atoms with Crippen LogP contribution in [0.15, 0.2) is 18.3 Å². The number of carbonyl (C=O) groups is 1. The molecule has 2 rings (SSSR count). The molecule has 0 spiro atoms. The maximum Gasteiger partial charge on any atom is 0.417 e. The first-order valence-electron chi connectivity index (χ1n) is 6.49. The lowest BCUT2D eigenvalue weighted by Crippen LogP contribution is -2.27. The third kappa shape index (κ3) is 3.93. The molecule has 1 amide bonds. The number of amides is 1. The van der Waals surface area contributed by atoms with E-state index in [0.29, 0.717) is 18.7 Å². The number of hydrogen-bond acceptors (Lipinski definition) is 3. The molecule has 1 aromatic heterocycles. The minimum atomic E-state index is -4.43. The Kier molecular flexibility index (Phi) is 4.59. The van der Waals surface area contributed by atoms with Crippen molar-refractivity contribution in [3.63, 3.8) is 0 Å². The molecule has 1 aliphatic rings. The van der Waals surface area contributed by atoms with Crippen LogP contribution in [0.1, 0.15) is 28.9 Å². The predicted molar refractivity (Wildman–Crippen MR) is 67.2 cm³/mol. The Balaban J connectivity index is 1.82. The highest BCUT2D eigenvalue weighted by Gasteiger charge is 2.30. The molecule has 0 aromatic carbocycles. The molecule has 1 unspecified atom stereocenters. The fourth-order valence-electron chi connectivity index (χ4n) is 2.14. The summed E-state index contributed by atoms with van der Waals surface area (Å²) in [6.45, 7) is 2.46. The van der Waals surface area contributed by atoms with Crippen molar-refractivity contribution in [1.82, 2.24) is 15.6 Å². The molecule has 0 radical (unpaired) electrons. The van der Waals surface area contributed by atoms with Gasteiger partial charge in [-0.2, -0.15) is 13.2 Å². The molecule has 0 aliphatic carbocycles. The average Bonchev–Trinajstić information content (AvgIpc) is 2.91. The Labute approximate surface area is 114 Å². The van der Waals surface area contributed by atoms with Crippen LogP contribution in [0, 0.1) is 5.92 Å². The quantitative estimate of drug-likeness (QED) is 0.888. The van der Waals surface area contributed by atoms with Gasteiger partial charge in [0, 0.05) is 12.7 Å². The fraction of sp³-hybridized carbons (Fsp3) is 0.538. The molecule has 1 atom stereocenters. The molecule has 0 saturated carbocycles. The molecule has 110 valence electrons. The molecule has 1 aliphatic heterocycles. The number of rotatable bonds is 4. The van der Waals surface area contributed by atoms with Gasteiger partial charge in [-0.25, -0.2) is 0 Å². The van der Waals surface area contributed by atoms with Crippen molar-refractivity contribution < 1.29 is 18.0 Å². The summed E-state index contributed by atoms with van der Waals surface area (Å²) in [5.74, 6) is 0.112. The van der Waals surface area contributed by atoms with E-state index in [-0.39, 0.29) is 5.69 Å². The number of aromatic nitrogens is 1. The summed E-state index contributed by atoms with van der Waals surface area (Å²) in [4.78, 5) is 15.3. The average molecular weight is 287 g/mol. The molecule has 20 heavy (non-hydrogen) atoms. The van der Waals surface area contributed by atoms with Crippen LogP contribution in [0.25, 0.3) is 0 Å². The number of pyridine rings is 1. The lowest BCUT2D eigenvalue weighted by atomic mass is 10.1. The maximum absolute atomic E-state index is 12.3. The van der Waals surface area contributed by atoms with E-state index in [1.165, 1.54) is 0 Å². The first-order valence-corrected chi connectivity index (χ1v) is 6.49. The second-order valence-electron chi connectivity index (χ2n) is 4.83. The van der Waals surface area contributed by atoms with Crippen LogP contribution in [0.4, 0.5) is 13.2 Å². The highest BCUT2D eigenvalue weighted by molar-refractivity contribution is 5.92. The molecule has 2 N–H and O–H groups in total. The van der Waals surface area contributed by atoms with E-state index in [2.05, 4.69) is 15.6 Å². The second-order valence-corrected chi connectivity index (χ2v) is 4.83. The van der Waals surface area contributed by atoms with Crippen molar-refractivity contribution in [3.8, 4) is 0 Å². The van der Waals surface area contributed by atoms with Crippen molar-refractivity contribution in [2.75, 3.05) is 19.6 Å². The Morgan fingerprint density at radius 1 is 1.45 bits per heavy atom. The first-order chi connectivity index (χ1) is 9.47. The summed E-state index contributed by atoms with van der Waals surface area (Å²) in [7, 11) is 0. The number of halogens is 3. The number of nitrogens with zero attached hydrogens (tertiary/aromatic N) is 1. The minimum absolute atomic E-state index is 0.00236. The monoisotopic (exact) mass is 287 g/mol. The van der Waals surface area contributed by atoms with Crippen LogP contribution in [-0.4, -0.2) is 30.5 Å². The molecule has 1 fully saturated rings. The molecule has 1 saturated heterocycles. The number of alkyl halides is 3. The highest BCUT2D eigenvalue weighted by atomic mass is 19.4. The largest absolute Gasteiger partial charge is 0.417 e. The van der Waals surface area contributed by atoms with Crippen LogP contribution in [0.2, 0.25) is 0 Å². The van der Waals surface area contributed by atoms with Gasteiger partial charge in [-0.3, -0.25) is 9.78 Å². The van der Waals surface area contributed by atoms with Gasteiger partial charge in [-0.15, -0.1) is 0 Å². The molecule has 2 heterocycles. The standard InChI is InChI=1S/C13H16F3N3O/c14-13(15,16)10-1-2-11(19-8-10)12(20)18-6-4-9-3-5-17-7-9/h1-2,8-9,17H,3-7H2,(H,18,20). The van der Waals surface area contributed by atoms with Crippen molar-refractivity contribution in [3.05, 3.63) is 29.6 Å². The van der Waals surface area contributed by atoms with Crippen molar-refractivity contribution in [2.24, 2.45) is 5.92 Å². The van der Waals surface area contributed by atoms with E-state index in [1.54, 1.807) is 0 Å². The summed E-state index contributed by atoms with van der Waals surface area (Å²) < 4.78 is 37.0. The summed E-state index contributed by atoms with van der Waals surface area (Å²) in [6.07, 6.45) is -1.80. The predicted octanol–water partition coefficient (Wildman–Crippen LogP) is 1.83. The SMILES string of the molecule is O=C(NCCC1CCNC1)c1ccc(C(F)(F)F)cn1. The van der Waals surface area contributed by atoms with Crippen LogP contribution in [-0.2, 0) is 6.18 Å². The van der Waals surface area contributed by atoms with Crippen LogP contribution < -0.4 is 10.6 Å². The van der Waals surface area contributed by atoms with E-state index in [9.17, 15) is 18.0 Å². The topological polar surface area (TPSA) is 54.0 Å². The molecule has 4 nitrogen and oxygen atoms in total. The van der Waals surface area contributed by atoms with Crippen molar-refractivity contribution >= 4 is 5.91 Å². The van der Waals surface area contributed by atoms with E-state index >= 15 is 0 Å². The number of hydrogen-bond donors (Lipinski definition) is 2. The normalized spacial score (nSPS) is 19.1. The summed E-state index contributed by atoms with van der Waals surface area (Å²) in [5.41, 5.74) is -0.853. The van der Waals surface area contributed by atoms with Gasteiger partial charge in [0.1, 0.15) is 5.69 Å². The van der Waals surface area contributed by atoms with Gasteiger partial charge in [-0.1, -0.05) is 0 Å². The van der Waals surface area contributed by atoms with E-state index < -0.39 is 17.6 Å². The summed E-state index contributed by atoms with van der Waals surface area (Å²) in [5, 5.41) is 5.90. The van der Waals surface area contributed by atoms with Crippen molar-refractivity contribution in [2.45, 2.75) is 19.0 Å². The van der Waals surface area contributed by atoms with Crippen LogP contribution >= 0.6 is 0 Å². The maximum atomic E-state index is 12.3. The second kappa shape index (κ2) is 6.21. The zero-order valence-corrected chi connectivity index (χ0v) is 10.8. The van der Waals surface area contributed by atoms with Gasteiger partial charge < -0.3 is 10.6 Å². The van der Waals surface area contributed by atoms with Gasteiger partial charge in [0.2, 0.25) is 0 Å². The van der Waals surface area contributed by atoms with Gasteiger partial charge in [0.25, 0.3) is 5.91 Å². The zero-order valence-electron chi connectivity index (χ0n) is 10.8. The number of carbonyl (C=O) groups excluding carboxylic acids is 1. The fourth-order valence-corrected chi connectivity index (χ4v) is 2.14. The first kappa shape index (κ1) is 14.8. The lowest BCUT2D eigenvalue weighted by molar-refractivity contribution is -0.137. The minimum Gasteiger partial charge on any atom is -0.351 e. The van der Waals surface area contributed by atoms with Gasteiger partial charge >= 0.3 is 6.18 Å². The van der Waals surface area contributed by atoms with Crippen molar-refractivity contribution in [1.29, 1.82) is 0 Å². The van der Waals surface area contributed by atoms with E-state index in [0.717, 1.165) is 38.1 Å². The van der Waals surface area contributed by atoms with Gasteiger partial charge in [0.05, 0.1) is 5.56 Å². The van der Waals surface area contributed by atoms with E-state index in [4.69, 9.17) is 0 Å². The lowest BCUT2D eigenvalue weighted by Gasteiger charge is -2.10. The summed E-state index contributed by atoms with van der Waals surface area (Å²) >= 11 is 0. The van der Waals surface area contributed by atoms with Gasteiger partial charge in [-0.05, 0) is 44.0 Å². The third-order valence-electron chi connectivity index (χ3n) is 3.32.